The zero-order chi connectivity index (χ0) is 13.6. The molecule has 0 aromatic carbocycles. The van der Waals surface area contributed by atoms with Gasteiger partial charge in [-0.3, -0.25) is 0 Å². The lowest BCUT2D eigenvalue weighted by atomic mass is 10.1. The first-order valence-electron chi connectivity index (χ1n) is 7.32. The predicted molar refractivity (Wildman–Crippen MR) is 75.1 cm³/mol. The summed E-state index contributed by atoms with van der Waals surface area (Å²) in [6, 6.07) is 0. The van der Waals surface area contributed by atoms with Crippen molar-refractivity contribution in [1.82, 2.24) is 0 Å². The molecule has 0 amide bonds. The maximum absolute atomic E-state index is 6.25. The second-order valence-electron chi connectivity index (χ2n) is 4.89. The van der Waals surface area contributed by atoms with Crippen molar-refractivity contribution in [2.45, 2.75) is 66.2 Å². The van der Waals surface area contributed by atoms with E-state index in [9.17, 15) is 0 Å². The Hall–Kier alpha value is -0.550. The van der Waals surface area contributed by atoms with Crippen LogP contribution in [0.4, 0.5) is 0 Å². The molecule has 0 aromatic rings. The van der Waals surface area contributed by atoms with Crippen LogP contribution in [0.5, 0.6) is 0 Å². The fraction of sp³-hybridized carbons (Fsp3) is 0.933. The summed E-state index contributed by atoms with van der Waals surface area (Å²) in [6.45, 7) is 19.6. The first kappa shape index (κ1) is 18.8. The molecule has 0 N–H and O–H groups in total. The number of hydrogen-bond acceptors (Lipinski definition) is 1. The molecule has 0 aliphatic heterocycles. The van der Waals surface area contributed by atoms with Crippen LogP contribution >= 0.6 is 0 Å². The van der Waals surface area contributed by atoms with Gasteiger partial charge in [-0.1, -0.05) is 40.0 Å². The third kappa shape index (κ3) is 9.18. The average molecular weight is 240 g/mol. The van der Waals surface area contributed by atoms with Crippen molar-refractivity contribution in [1.29, 1.82) is 5.26 Å². The highest BCUT2D eigenvalue weighted by Crippen LogP contribution is 2.14. The molecule has 0 fully saturated rings. The van der Waals surface area contributed by atoms with E-state index in [0.29, 0.717) is 0 Å². The lowest BCUT2D eigenvalue weighted by Crippen LogP contribution is -2.49. The smallest absolute Gasteiger partial charge is 0.0786 e. The molecule has 0 spiro atoms. The minimum Gasteiger partial charge on any atom is -0.512 e. The second kappa shape index (κ2) is 13.5. The summed E-state index contributed by atoms with van der Waals surface area (Å²) in [5.41, 5.74) is 0. The van der Waals surface area contributed by atoms with E-state index in [1.807, 2.05) is 0 Å². The van der Waals surface area contributed by atoms with Gasteiger partial charge in [0.15, 0.2) is 0 Å². The lowest BCUT2D eigenvalue weighted by Gasteiger charge is -2.38. The van der Waals surface area contributed by atoms with Gasteiger partial charge in [0, 0.05) is 0 Å². The maximum Gasteiger partial charge on any atom is 0.0786 e. The minimum atomic E-state index is 1.33. The van der Waals surface area contributed by atoms with Crippen molar-refractivity contribution < 1.29 is 4.48 Å². The van der Waals surface area contributed by atoms with E-state index >= 15 is 0 Å². The Morgan fingerprint density at radius 1 is 0.706 bits per heavy atom. The summed E-state index contributed by atoms with van der Waals surface area (Å²) >= 11 is 0. The molecule has 0 heterocycles. The SMILES string of the molecule is CCCC[N+](CC)(CCCC)CCCC.[C-]#N. The van der Waals surface area contributed by atoms with Crippen LogP contribution in [0.15, 0.2) is 0 Å². The van der Waals surface area contributed by atoms with Gasteiger partial charge in [0.05, 0.1) is 26.2 Å². The van der Waals surface area contributed by atoms with Gasteiger partial charge in [-0.25, -0.2) is 0 Å². The van der Waals surface area contributed by atoms with Gasteiger partial charge in [0.25, 0.3) is 0 Å². The molecule has 0 saturated heterocycles. The molecule has 0 atom stereocenters. The van der Waals surface area contributed by atoms with Gasteiger partial charge < -0.3 is 16.3 Å². The van der Waals surface area contributed by atoms with Crippen molar-refractivity contribution >= 4 is 0 Å². The van der Waals surface area contributed by atoms with Gasteiger partial charge in [-0.2, -0.15) is 0 Å². The van der Waals surface area contributed by atoms with Gasteiger partial charge in [0.1, 0.15) is 0 Å². The molecule has 0 aliphatic rings. The van der Waals surface area contributed by atoms with Crippen molar-refractivity contribution in [3.63, 3.8) is 0 Å². The largest absolute Gasteiger partial charge is 0.512 e. The van der Waals surface area contributed by atoms with Crippen LogP contribution in [0, 0.1) is 11.8 Å². The Morgan fingerprint density at radius 3 is 1.18 bits per heavy atom. The van der Waals surface area contributed by atoms with Crippen LogP contribution in [-0.2, 0) is 0 Å². The number of unbranched alkanes of at least 4 members (excludes halogenated alkanes) is 3. The molecule has 2 nitrogen and oxygen atoms in total. The van der Waals surface area contributed by atoms with E-state index in [2.05, 4.69) is 27.7 Å². The number of rotatable bonds is 10. The summed E-state index contributed by atoms with van der Waals surface area (Å²) in [4.78, 5) is 0. The zero-order valence-electron chi connectivity index (χ0n) is 12.5. The third-order valence-electron chi connectivity index (χ3n) is 3.63. The van der Waals surface area contributed by atoms with Crippen LogP contribution in [0.25, 0.3) is 0 Å². The Labute approximate surface area is 109 Å². The summed E-state index contributed by atoms with van der Waals surface area (Å²) in [7, 11) is 0. The van der Waals surface area contributed by atoms with E-state index < -0.39 is 0 Å². The topological polar surface area (TPSA) is 23.8 Å². The van der Waals surface area contributed by atoms with Gasteiger partial charge in [0.2, 0.25) is 0 Å². The van der Waals surface area contributed by atoms with Crippen molar-refractivity contribution in [2.75, 3.05) is 26.2 Å². The normalized spacial score (nSPS) is 10.7. The van der Waals surface area contributed by atoms with E-state index in [4.69, 9.17) is 11.8 Å². The Bertz CT molecular complexity index is 142. The number of quaternary nitrogens is 1. The molecule has 17 heavy (non-hydrogen) atoms. The molecule has 0 aromatic heterocycles. The fourth-order valence-corrected chi connectivity index (χ4v) is 2.29. The number of hydrogen-bond donors (Lipinski definition) is 0. The standard InChI is InChI=1S/C14H32N.CN/c1-5-9-12-15(8-4,13-10-6-2)14-11-7-3;1-2/h5-14H2,1-4H3;/q+1;-1. The molecule has 0 bridgehead atoms. The van der Waals surface area contributed by atoms with Gasteiger partial charge in [-0.05, 0) is 26.2 Å². The first-order chi connectivity index (χ1) is 8.24. The molecule has 0 aliphatic carbocycles. The average Bonchev–Trinajstić information content (AvgIpc) is 2.41. The van der Waals surface area contributed by atoms with E-state index in [0.717, 1.165) is 0 Å². The van der Waals surface area contributed by atoms with E-state index in [1.165, 1.54) is 69.2 Å². The van der Waals surface area contributed by atoms with Crippen LogP contribution in [-0.4, -0.2) is 30.7 Å². The molecule has 0 rings (SSSR count). The Kier molecular flexibility index (Phi) is 15.0. The molecule has 0 radical (unpaired) electrons. The molecular weight excluding hydrogens is 208 g/mol. The van der Waals surface area contributed by atoms with Crippen LogP contribution in [0.1, 0.15) is 66.2 Å². The van der Waals surface area contributed by atoms with E-state index in [1.54, 1.807) is 0 Å². The van der Waals surface area contributed by atoms with Crippen LogP contribution in [0.2, 0.25) is 0 Å². The van der Waals surface area contributed by atoms with Crippen LogP contribution < -0.4 is 0 Å². The minimum absolute atomic E-state index is 1.33. The monoisotopic (exact) mass is 240 g/mol. The Morgan fingerprint density at radius 2 is 1.00 bits per heavy atom. The summed E-state index contributed by atoms with van der Waals surface area (Å²) < 4.78 is 1.38. The molecule has 102 valence electrons. The van der Waals surface area contributed by atoms with Gasteiger partial charge in [-0.15, -0.1) is 0 Å². The quantitative estimate of drug-likeness (QED) is 0.412. The van der Waals surface area contributed by atoms with Crippen molar-refractivity contribution in [2.24, 2.45) is 0 Å². The third-order valence-corrected chi connectivity index (χ3v) is 3.63. The fourth-order valence-electron chi connectivity index (χ4n) is 2.29. The first-order valence-corrected chi connectivity index (χ1v) is 7.32. The molecule has 0 saturated carbocycles. The zero-order valence-corrected chi connectivity index (χ0v) is 12.5. The highest BCUT2D eigenvalue weighted by molar-refractivity contribution is 4.46. The summed E-state index contributed by atoms with van der Waals surface area (Å²) in [5, 5.41) is 6.25. The predicted octanol–water partition coefficient (Wildman–Crippen LogP) is 4.32. The Balaban J connectivity index is 0. The highest BCUT2D eigenvalue weighted by atomic mass is 15.3. The maximum atomic E-state index is 6.25. The second-order valence-corrected chi connectivity index (χ2v) is 4.89. The molecule has 2 heteroatoms. The van der Waals surface area contributed by atoms with E-state index in [-0.39, 0.29) is 0 Å². The summed E-state index contributed by atoms with van der Waals surface area (Å²) in [6.07, 6.45) is 8.25. The highest BCUT2D eigenvalue weighted by Gasteiger charge is 2.22. The number of nitrogens with zero attached hydrogens (tertiary/aromatic N) is 2. The van der Waals surface area contributed by atoms with Gasteiger partial charge >= 0.3 is 0 Å². The van der Waals surface area contributed by atoms with Crippen molar-refractivity contribution in [3.8, 4) is 0 Å². The molecular formula is C15H32N2. The van der Waals surface area contributed by atoms with Crippen molar-refractivity contribution in [3.05, 3.63) is 6.57 Å². The lowest BCUT2D eigenvalue weighted by molar-refractivity contribution is -0.927. The summed E-state index contributed by atoms with van der Waals surface area (Å²) in [5.74, 6) is 0. The van der Waals surface area contributed by atoms with Crippen LogP contribution in [0.3, 0.4) is 0 Å². The molecule has 0 unspecified atom stereocenters.